The highest BCUT2D eigenvalue weighted by Gasteiger charge is 2.27. The van der Waals surface area contributed by atoms with E-state index in [1.54, 1.807) is 16.7 Å². The highest BCUT2D eigenvalue weighted by Crippen LogP contribution is 2.18. The van der Waals surface area contributed by atoms with Crippen LogP contribution in [0, 0.1) is 0 Å². The summed E-state index contributed by atoms with van der Waals surface area (Å²) in [6.07, 6.45) is -0.141. The van der Waals surface area contributed by atoms with Crippen LogP contribution in [0.15, 0.2) is 30.3 Å². The van der Waals surface area contributed by atoms with Gasteiger partial charge in [0.05, 0.1) is 19.1 Å². The molecular formula is C18H25N3O4. The van der Waals surface area contributed by atoms with Gasteiger partial charge < -0.3 is 19.9 Å². The predicted octanol–water partition coefficient (Wildman–Crippen LogP) is 1.55. The molecule has 1 atom stereocenters. The van der Waals surface area contributed by atoms with E-state index >= 15 is 0 Å². The third-order valence-corrected chi connectivity index (χ3v) is 4.12. The third-order valence-electron chi connectivity index (χ3n) is 4.12. The van der Waals surface area contributed by atoms with E-state index in [9.17, 15) is 14.4 Å². The summed E-state index contributed by atoms with van der Waals surface area (Å²) in [7, 11) is 0. The minimum atomic E-state index is -0.353. The van der Waals surface area contributed by atoms with Gasteiger partial charge in [-0.15, -0.1) is 0 Å². The summed E-state index contributed by atoms with van der Waals surface area (Å²) >= 11 is 0. The smallest absolute Gasteiger partial charge is 0.409 e. The molecule has 0 aliphatic carbocycles. The van der Waals surface area contributed by atoms with Crippen molar-refractivity contribution in [3.8, 4) is 0 Å². The van der Waals surface area contributed by atoms with E-state index in [1.165, 1.54) is 6.92 Å². The van der Waals surface area contributed by atoms with Gasteiger partial charge in [-0.05, 0) is 12.5 Å². The molecule has 1 fully saturated rings. The van der Waals surface area contributed by atoms with E-state index < -0.39 is 0 Å². The van der Waals surface area contributed by atoms with Crippen LogP contribution in [0.25, 0.3) is 0 Å². The third kappa shape index (κ3) is 5.48. The van der Waals surface area contributed by atoms with Gasteiger partial charge in [-0.2, -0.15) is 0 Å². The number of carbonyl (C=O) groups is 3. The van der Waals surface area contributed by atoms with Gasteiger partial charge in [0.2, 0.25) is 11.8 Å². The molecule has 1 aromatic rings. The number of rotatable bonds is 5. The molecule has 1 aromatic carbocycles. The van der Waals surface area contributed by atoms with E-state index in [0.29, 0.717) is 32.8 Å². The number of piperazine rings is 1. The second-order valence-electron chi connectivity index (χ2n) is 5.93. The molecule has 3 amide bonds. The molecule has 1 unspecified atom stereocenters. The number of ether oxygens (including phenoxy) is 1. The normalized spacial score (nSPS) is 15.4. The zero-order valence-corrected chi connectivity index (χ0v) is 14.7. The van der Waals surface area contributed by atoms with Gasteiger partial charge in [0, 0.05) is 33.1 Å². The predicted molar refractivity (Wildman–Crippen MR) is 92.8 cm³/mol. The fourth-order valence-electron chi connectivity index (χ4n) is 2.84. The Morgan fingerprint density at radius 1 is 1.08 bits per heavy atom. The summed E-state index contributed by atoms with van der Waals surface area (Å²) in [6.45, 7) is 5.41. The lowest BCUT2D eigenvalue weighted by Crippen LogP contribution is -2.51. The average molecular weight is 347 g/mol. The van der Waals surface area contributed by atoms with Gasteiger partial charge in [-0.25, -0.2) is 4.79 Å². The Balaban J connectivity index is 1.93. The number of hydrogen-bond donors (Lipinski definition) is 1. The van der Waals surface area contributed by atoms with Crippen LogP contribution in [0.3, 0.4) is 0 Å². The average Bonchev–Trinajstić information content (AvgIpc) is 2.62. The number of hydrogen-bond acceptors (Lipinski definition) is 4. The molecule has 1 aliphatic rings. The first-order valence-electron chi connectivity index (χ1n) is 8.52. The second kappa shape index (κ2) is 9.05. The maximum atomic E-state index is 12.6. The largest absolute Gasteiger partial charge is 0.450 e. The van der Waals surface area contributed by atoms with E-state index in [2.05, 4.69) is 5.32 Å². The van der Waals surface area contributed by atoms with Crippen molar-refractivity contribution < 1.29 is 19.1 Å². The maximum Gasteiger partial charge on any atom is 0.409 e. The van der Waals surface area contributed by atoms with Crippen LogP contribution in [0.1, 0.15) is 31.9 Å². The number of benzene rings is 1. The van der Waals surface area contributed by atoms with Crippen LogP contribution in [0.2, 0.25) is 0 Å². The minimum Gasteiger partial charge on any atom is -0.450 e. The first-order valence-corrected chi connectivity index (χ1v) is 8.52. The Bertz CT molecular complexity index is 598. The minimum absolute atomic E-state index is 0.0360. The fraction of sp³-hybridized carbons (Fsp3) is 0.500. The first kappa shape index (κ1) is 18.8. The fourth-order valence-corrected chi connectivity index (χ4v) is 2.84. The maximum absolute atomic E-state index is 12.6. The number of carbonyl (C=O) groups excluding carboxylic acids is 3. The number of nitrogens with zero attached hydrogens (tertiary/aromatic N) is 2. The van der Waals surface area contributed by atoms with Gasteiger partial charge >= 0.3 is 6.09 Å². The lowest BCUT2D eigenvalue weighted by atomic mass is 10.0. The van der Waals surface area contributed by atoms with Crippen LogP contribution in [-0.2, 0) is 14.3 Å². The van der Waals surface area contributed by atoms with E-state index in [1.807, 2.05) is 30.3 Å². The Morgan fingerprint density at radius 2 is 1.68 bits per heavy atom. The van der Waals surface area contributed by atoms with Crippen LogP contribution < -0.4 is 5.32 Å². The Kier molecular flexibility index (Phi) is 6.80. The van der Waals surface area contributed by atoms with E-state index in [0.717, 1.165) is 5.56 Å². The van der Waals surface area contributed by atoms with Gasteiger partial charge in [0.15, 0.2) is 0 Å². The van der Waals surface area contributed by atoms with Gasteiger partial charge in [-0.3, -0.25) is 9.59 Å². The summed E-state index contributed by atoms with van der Waals surface area (Å²) in [5.74, 6) is -0.208. The summed E-state index contributed by atoms with van der Waals surface area (Å²) in [5.41, 5.74) is 0.899. The summed E-state index contributed by atoms with van der Waals surface area (Å²) in [4.78, 5) is 39.1. The second-order valence-corrected chi connectivity index (χ2v) is 5.93. The lowest BCUT2D eigenvalue weighted by Gasteiger charge is -2.34. The van der Waals surface area contributed by atoms with Crippen LogP contribution in [0.5, 0.6) is 0 Å². The van der Waals surface area contributed by atoms with Crippen molar-refractivity contribution in [1.82, 2.24) is 15.1 Å². The molecule has 1 saturated heterocycles. The highest BCUT2D eigenvalue weighted by atomic mass is 16.6. The quantitative estimate of drug-likeness (QED) is 0.877. The van der Waals surface area contributed by atoms with Gasteiger partial charge in [-0.1, -0.05) is 30.3 Å². The summed E-state index contributed by atoms with van der Waals surface area (Å²) < 4.78 is 4.98. The zero-order valence-electron chi connectivity index (χ0n) is 14.7. The van der Waals surface area contributed by atoms with Crippen LogP contribution in [0.4, 0.5) is 4.79 Å². The molecule has 136 valence electrons. The van der Waals surface area contributed by atoms with Crippen LogP contribution >= 0.6 is 0 Å². The van der Waals surface area contributed by atoms with Crippen molar-refractivity contribution in [2.45, 2.75) is 26.3 Å². The van der Waals surface area contributed by atoms with Crippen molar-refractivity contribution in [2.75, 3.05) is 32.8 Å². The molecule has 7 heteroatoms. The molecule has 1 heterocycles. The zero-order chi connectivity index (χ0) is 18.2. The Hall–Kier alpha value is -2.57. The lowest BCUT2D eigenvalue weighted by molar-refractivity contribution is -0.133. The van der Waals surface area contributed by atoms with E-state index in [-0.39, 0.29) is 30.4 Å². The molecule has 0 spiro atoms. The number of amides is 3. The monoisotopic (exact) mass is 347 g/mol. The molecule has 0 bridgehead atoms. The first-order chi connectivity index (χ1) is 12.0. The Morgan fingerprint density at radius 3 is 2.24 bits per heavy atom. The highest BCUT2D eigenvalue weighted by molar-refractivity contribution is 5.79. The van der Waals surface area contributed by atoms with Crippen molar-refractivity contribution in [1.29, 1.82) is 0 Å². The summed E-state index contributed by atoms with van der Waals surface area (Å²) in [5, 5.41) is 2.84. The van der Waals surface area contributed by atoms with E-state index in [4.69, 9.17) is 4.74 Å². The van der Waals surface area contributed by atoms with Crippen molar-refractivity contribution in [3.05, 3.63) is 35.9 Å². The number of nitrogens with one attached hydrogen (secondary N) is 1. The van der Waals surface area contributed by atoms with Crippen molar-refractivity contribution >= 4 is 17.9 Å². The molecule has 1 N–H and O–H groups in total. The molecule has 0 saturated carbocycles. The molecule has 2 rings (SSSR count). The van der Waals surface area contributed by atoms with Crippen molar-refractivity contribution in [2.24, 2.45) is 0 Å². The molecule has 0 aromatic heterocycles. The van der Waals surface area contributed by atoms with Gasteiger partial charge in [0.25, 0.3) is 0 Å². The molecule has 25 heavy (non-hydrogen) atoms. The standard InChI is InChI=1S/C18H25N3O4/c1-3-25-18(24)21-11-9-20(10-12-21)17(23)13-16(19-14(2)22)15-7-5-4-6-8-15/h4-8,16H,3,9-13H2,1-2H3,(H,19,22). The molecule has 1 aliphatic heterocycles. The van der Waals surface area contributed by atoms with Crippen LogP contribution in [-0.4, -0.2) is 60.5 Å². The SMILES string of the molecule is CCOC(=O)N1CCN(C(=O)CC(NC(C)=O)c2ccccc2)CC1. The molecule has 0 radical (unpaired) electrons. The molecule has 7 nitrogen and oxygen atoms in total. The molecular weight excluding hydrogens is 322 g/mol. The topological polar surface area (TPSA) is 79.0 Å². The van der Waals surface area contributed by atoms with Gasteiger partial charge in [0.1, 0.15) is 0 Å². The van der Waals surface area contributed by atoms with Crippen molar-refractivity contribution in [3.63, 3.8) is 0 Å². The summed E-state index contributed by atoms with van der Waals surface area (Å²) in [6, 6.07) is 9.10. The Labute approximate surface area is 147 Å².